The molecule has 0 radical (unpaired) electrons. The number of quaternary nitrogens is 1. The van der Waals surface area contributed by atoms with Gasteiger partial charge in [-0.3, -0.25) is 0 Å². The molecule has 1 heterocycles. The molecule has 1 aliphatic rings. The maximum absolute atomic E-state index is 11.6. The van der Waals surface area contributed by atoms with E-state index < -0.39 is 0 Å². The fourth-order valence-electron chi connectivity index (χ4n) is 2.61. The predicted octanol–water partition coefficient (Wildman–Crippen LogP) is -0.204. The second-order valence-electron chi connectivity index (χ2n) is 5.83. The van der Waals surface area contributed by atoms with E-state index in [9.17, 15) is 4.79 Å². The molecule has 1 atom stereocenters. The number of hydrogen-bond donors (Lipinski definition) is 0. The van der Waals surface area contributed by atoms with Crippen molar-refractivity contribution in [3.8, 4) is 0 Å². The van der Waals surface area contributed by atoms with Crippen molar-refractivity contribution >= 4 is 11.5 Å². The third kappa shape index (κ3) is 4.87. The number of halogens is 1. The Morgan fingerprint density at radius 2 is 1.95 bits per heavy atom. The van der Waals surface area contributed by atoms with Crippen molar-refractivity contribution in [2.45, 2.75) is 20.3 Å². The average molecular weight is 310 g/mol. The number of nitrogens with zero attached hydrogens (tertiary/aromatic N) is 1. The molecule has 0 N–H and O–H groups in total. The van der Waals surface area contributed by atoms with Gasteiger partial charge >= 0.3 is 5.97 Å². The Morgan fingerprint density at radius 1 is 1.29 bits per heavy atom. The highest BCUT2D eigenvalue weighted by atomic mass is 35.5. The van der Waals surface area contributed by atoms with Crippen LogP contribution in [0, 0.1) is 6.92 Å². The molecule has 0 fully saturated rings. The lowest BCUT2D eigenvalue weighted by atomic mass is 9.97. The average Bonchev–Trinajstić information content (AvgIpc) is 2.40. The summed E-state index contributed by atoms with van der Waals surface area (Å²) in [4.78, 5) is 11.6. The van der Waals surface area contributed by atoms with Crippen molar-refractivity contribution in [1.29, 1.82) is 0 Å². The van der Waals surface area contributed by atoms with Crippen molar-refractivity contribution in [2.75, 3.05) is 33.3 Å². The Bertz CT molecular complexity index is 510. The summed E-state index contributed by atoms with van der Waals surface area (Å²) >= 11 is 0. The number of benzene rings is 1. The lowest BCUT2D eigenvalue weighted by Gasteiger charge is -2.36. The van der Waals surface area contributed by atoms with Crippen LogP contribution >= 0.6 is 0 Å². The number of ether oxygens (including phenoxy) is 1. The minimum Gasteiger partial charge on any atom is -1.00 e. The molecule has 0 saturated carbocycles. The molecule has 1 aliphatic heterocycles. The van der Waals surface area contributed by atoms with E-state index in [0.717, 1.165) is 24.0 Å². The first kappa shape index (κ1) is 17.7. The molecule has 0 spiro atoms. The third-order valence-electron chi connectivity index (χ3n) is 3.94. The van der Waals surface area contributed by atoms with E-state index in [-0.39, 0.29) is 18.4 Å². The van der Waals surface area contributed by atoms with Gasteiger partial charge in [0, 0.05) is 6.42 Å². The lowest BCUT2D eigenvalue weighted by molar-refractivity contribution is -0.897. The molecule has 21 heavy (non-hydrogen) atoms. The molecule has 116 valence electrons. The number of hydrogen-bond acceptors (Lipinski definition) is 2. The normalized spacial score (nSPS) is 21.2. The van der Waals surface area contributed by atoms with Crippen LogP contribution in [0.25, 0.3) is 5.57 Å². The summed E-state index contributed by atoms with van der Waals surface area (Å²) in [6.07, 6.45) is 3.28. The van der Waals surface area contributed by atoms with Crippen LogP contribution < -0.4 is 12.4 Å². The fraction of sp³-hybridized carbons (Fsp3) is 0.471. The van der Waals surface area contributed by atoms with Gasteiger partial charge in [0.05, 0.1) is 26.7 Å². The zero-order valence-electron chi connectivity index (χ0n) is 13.1. The highest BCUT2D eigenvalue weighted by molar-refractivity contribution is 5.71. The highest BCUT2D eigenvalue weighted by Gasteiger charge is 2.28. The summed E-state index contributed by atoms with van der Waals surface area (Å²) in [5.74, 6) is -0.0952. The van der Waals surface area contributed by atoms with Crippen LogP contribution in [0.4, 0.5) is 0 Å². The van der Waals surface area contributed by atoms with Crippen LogP contribution in [0.3, 0.4) is 0 Å². The highest BCUT2D eigenvalue weighted by Crippen LogP contribution is 2.25. The Morgan fingerprint density at radius 3 is 2.48 bits per heavy atom. The summed E-state index contributed by atoms with van der Waals surface area (Å²) in [5.41, 5.74) is 3.98. The Labute approximate surface area is 133 Å². The van der Waals surface area contributed by atoms with E-state index in [2.05, 4.69) is 44.3 Å². The maximum atomic E-state index is 11.6. The van der Waals surface area contributed by atoms with Crippen molar-refractivity contribution in [2.24, 2.45) is 0 Å². The maximum Gasteiger partial charge on any atom is 0.361 e. The van der Waals surface area contributed by atoms with E-state index in [4.69, 9.17) is 4.74 Å². The lowest BCUT2D eigenvalue weighted by Crippen LogP contribution is -3.00. The molecule has 1 unspecified atom stereocenters. The molecular weight excluding hydrogens is 286 g/mol. The standard InChI is InChI=1S/C17H24NO2.ClH/c1-4-20-17(19)13-18(3)11-9-16(10-12-18)15-7-5-14(2)6-8-15;/h5-9H,4,10-13H2,1-3H3;1H/q+1;/p-1. The number of rotatable bonds is 4. The van der Waals surface area contributed by atoms with E-state index in [1.165, 1.54) is 16.7 Å². The van der Waals surface area contributed by atoms with Crippen LogP contribution in [0.5, 0.6) is 0 Å². The molecule has 0 aromatic heterocycles. The summed E-state index contributed by atoms with van der Waals surface area (Å²) in [6.45, 7) is 6.76. The third-order valence-corrected chi connectivity index (χ3v) is 3.94. The minimum absolute atomic E-state index is 0. The van der Waals surface area contributed by atoms with Crippen molar-refractivity contribution < 1.29 is 26.4 Å². The summed E-state index contributed by atoms with van der Waals surface area (Å²) < 4.78 is 5.80. The van der Waals surface area contributed by atoms with Crippen LogP contribution in [0.15, 0.2) is 30.3 Å². The topological polar surface area (TPSA) is 26.3 Å². The van der Waals surface area contributed by atoms with E-state index in [0.29, 0.717) is 13.2 Å². The van der Waals surface area contributed by atoms with Gasteiger partial charge in [-0.15, -0.1) is 0 Å². The number of aryl methyl sites for hydroxylation is 1. The van der Waals surface area contributed by atoms with E-state index >= 15 is 0 Å². The zero-order valence-corrected chi connectivity index (χ0v) is 13.8. The van der Waals surface area contributed by atoms with Crippen LogP contribution in [-0.2, 0) is 9.53 Å². The summed E-state index contributed by atoms with van der Waals surface area (Å²) in [7, 11) is 2.12. The van der Waals surface area contributed by atoms with Gasteiger partial charge in [-0.2, -0.15) is 0 Å². The van der Waals surface area contributed by atoms with Gasteiger partial charge < -0.3 is 21.6 Å². The van der Waals surface area contributed by atoms with Gasteiger partial charge in [0.25, 0.3) is 0 Å². The first-order chi connectivity index (χ1) is 9.52. The molecule has 2 rings (SSSR count). The number of esters is 1. The van der Waals surface area contributed by atoms with Crippen molar-refractivity contribution in [1.82, 2.24) is 0 Å². The second kappa shape index (κ2) is 7.62. The van der Waals surface area contributed by atoms with Gasteiger partial charge in [0.1, 0.15) is 0 Å². The van der Waals surface area contributed by atoms with E-state index in [1.807, 2.05) is 6.92 Å². The molecule has 3 nitrogen and oxygen atoms in total. The summed E-state index contributed by atoms with van der Waals surface area (Å²) in [5, 5.41) is 0. The number of carbonyl (C=O) groups excluding carboxylic acids is 1. The van der Waals surface area contributed by atoms with Crippen LogP contribution in [0.2, 0.25) is 0 Å². The Balaban J connectivity index is 0.00000220. The van der Waals surface area contributed by atoms with E-state index in [1.54, 1.807) is 0 Å². The van der Waals surface area contributed by atoms with Crippen LogP contribution in [-0.4, -0.2) is 43.7 Å². The predicted molar refractivity (Wildman–Crippen MR) is 81.2 cm³/mol. The molecule has 1 aromatic carbocycles. The van der Waals surface area contributed by atoms with Gasteiger partial charge in [0.15, 0.2) is 6.54 Å². The molecule has 0 aliphatic carbocycles. The molecule has 1 aromatic rings. The number of likely N-dealkylation sites (N-methyl/N-ethyl adjacent to an activating group) is 1. The quantitative estimate of drug-likeness (QED) is 0.569. The first-order valence-corrected chi connectivity index (χ1v) is 7.28. The van der Waals surface area contributed by atoms with Crippen LogP contribution in [0.1, 0.15) is 24.5 Å². The Hall–Kier alpha value is -1.32. The smallest absolute Gasteiger partial charge is 0.361 e. The van der Waals surface area contributed by atoms with Gasteiger partial charge in [-0.1, -0.05) is 29.8 Å². The van der Waals surface area contributed by atoms with Crippen molar-refractivity contribution in [3.63, 3.8) is 0 Å². The monoisotopic (exact) mass is 309 g/mol. The second-order valence-corrected chi connectivity index (χ2v) is 5.83. The SMILES string of the molecule is CCOC(=O)C[N+]1(C)CC=C(c2ccc(C)cc2)CC1.[Cl-]. The number of carbonyl (C=O) groups is 1. The molecule has 0 bridgehead atoms. The first-order valence-electron chi connectivity index (χ1n) is 7.28. The summed E-state index contributed by atoms with van der Waals surface area (Å²) in [6, 6.07) is 8.67. The molecule has 0 saturated heterocycles. The van der Waals surface area contributed by atoms with Gasteiger partial charge in [0.2, 0.25) is 0 Å². The van der Waals surface area contributed by atoms with Gasteiger partial charge in [-0.25, -0.2) is 4.79 Å². The molecule has 4 heteroatoms. The fourth-order valence-corrected chi connectivity index (χ4v) is 2.61. The molecule has 0 amide bonds. The Kier molecular flexibility index (Phi) is 6.43. The molecular formula is C17H24ClNO2. The minimum atomic E-state index is -0.0952. The largest absolute Gasteiger partial charge is 1.00 e. The zero-order chi connectivity index (χ0) is 14.6. The van der Waals surface area contributed by atoms with Gasteiger partial charge in [-0.05, 0) is 31.1 Å². The van der Waals surface area contributed by atoms with Crippen molar-refractivity contribution in [3.05, 3.63) is 41.5 Å².